The van der Waals surface area contributed by atoms with E-state index < -0.39 is 0 Å². The molecule has 0 aliphatic heterocycles. The van der Waals surface area contributed by atoms with Gasteiger partial charge in [-0.25, -0.2) is 4.98 Å². The first kappa shape index (κ1) is 10.2. The Bertz CT molecular complexity index is 485. The molecule has 0 amide bonds. The number of benzene rings is 1. The highest BCUT2D eigenvalue weighted by Crippen LogP contribution is 2.23. The van der Waals surface area contributed by atoms with Crippen molar-refractivity contribution in [3.63, 3.8) is 0 Å². The molecule has 0 aliphatic carbocycles. The van der Waals surface area contributed by atoms with Crippen LogP contribution < -0.4 is 0 Å². The Morgan fingerprint density at radius 3 is 2.53 bits per heavy atom. The van der Waals surface area contributed by atoms with E-state index in [0.29, 0.717) is 5.89 Å². The SMILES string of the molecule is C=Cc1nc(-c2ccc(Br)cc2)oc1C. The monoisotopic (exact) mass is 263 g/mol. The van der Waals surface area contributed by atoms with Crippen molar-refractivity contribution in [2.24, 2.45) is 0 Å². The van der Waals surface area contributed by atoms with Gasteiger partial charge in [0.25, 0.3) is 0 Å². The highest BCUT2D eigenvalue weighted by molar-refractivity contribution is 9.10. The van der Waals surface area contributed by atoms with E-state index in [1.807, 2.05) is 31.2 Å². The van der Waals surface area contributed by atoms with Crippen LogP contribution in [0.15, 0.2) is 39.7 Å². The van der Waals surface area contributed by atoms with Gasteiger partial charge >= 0.3 is 0 Å². The Morgan fingerprint density at radius 2 is 2.00 bits per heavy atom. The molecule has 0 saturated carbocycles. The molecule has 0 bridgehead atoms. The summed E-state index contributed by atoms with van der Waals surface area (Å²) in [4.78, 5) is 4.33. The van der Waals surface area contributed by atoms with Gasteiger partial charge in [-0.3, -0.25) is 0 Å². The molecule has 15 heavy (non-hydrogen) atoms. The fraction of sp³-hybridized carbons (Fsp3) is 0.0833. The Morgan fingerprint density at radius 1 is 1.33 bits per heavy atom. The van der Waals surface area contributed by atoms with Gasteiger partial charge in [0, 0.05) is 10.0 Å². The van der Waals surface area contributed by atoms with Crippen LogP contribution in [0.2, 0.25) is 0 Å². The Kier molecular flexibility index (Phi) is 2.73. The fourth-order valence-electron chi connectivity index (χ4n) is 1.31. The summed E-state index contributed by atoms with van der Waals surface area (Å²) in [6, 6.07) is 7.84. The largest absolute Gasteiger partial charge is 0.441 e. The molecule has 0 N–H and O–H groups in total. The van der Waals surface area contributed by atoms with Crippen LogP contribution in [-0.4, -0.2) is 4.98 Å². The Labute approximate surface area is 96.8 Å². The lowest BCUT2D eigenvalue weighted by Crippen LogP contribution is -1.77. The smallest absolute Gasteiger partial charge is 0.226 e. The topological polar surface area (TPSA) is 26.0 Å². The number of hydrogen-bond donors (Lipinski definition) is 0. The average molecular weight is 264 g/mol. The normalized spacial score (nSPS) is 10.3. The number of rotatable bonds is 2. The first-order valence-electron chi connectivity index (χ1n) is 4.56. The third-order valence-electron chi connectivity index (χ3n) is 2.12. The highest BCUT2D eigenvalue weighted by atomic mass is 79.9. The van der Waals surface area contributed by atoms with Crippen molar-refractivity contribution in [1.82, 2.24) is 4.98 Å². The molecule has 1 aromatic heterocycles. The Balaban J connectivity index is 2.45. The summed E-state index contributed by atoms with van der Waals surface area (Å²) in [5.74, 6) is 1.43. The quantitative estimate of drug-likeness (QED) is 0.817. The van der Waals surface area contributed by atoms with Crippen molar-refractivity contribution in [2.75, 3.05) is 0 Å². The van der Waals surface area contributed by atoms with Crippen LogP contribution in [0, 0.1) is 6.92 Å². The highest BCUT2D eigenvalue weighted by Gasteiger charge is 2.08. The maximum absolute atomic E-state index is 5.53. The third kappa shape index (κ3) is 2.02. The zero-order chi connectivity index (χ0) is 10.8. The standard InChI is InChI=1S/C12H10BrNO/c1-3-11-8(2)15-12(14-11)9-4-6-10(13)7-5-9/h3-7H,1H2,2H3. The molecule has 0 fully saturated rings. The second-order valence-electron chi connectivity index (χ2n) is 3.17. The summed E-state index contributed by atoms with van der Waals surface area (Å²) in [7, 11) is 0. The summed E-state index contributed by atoms with van der Waals surface area (Å²) < 4.78 is 6.57. The van der Waals surface area contributed by atoms with Crippen molar-refractivity contribution in [3.05, 3.63) is 46.8 Å². The van der Waals surface area contributed by atoms with E-state index >= 15 is 0 Å². The van der Waals surface area contributed by atoms with Crippen molar-refractivity contribution in [2.45, 2.75) is 6.92 Å². The lowest BCUT2D eigenvalue weighted by atomic mass is 10.2. The van der Waals surface area contributed by atoms with E-state index in [0.717, 1.165) is 21.5 Å². The van der Waals surface area contributed by atoms with Gasteiger partial charge in [-0.05, 0) is 37.3 Å². The van der Waals surface area contributed by atoms with Gasteiger partial charge in [-0.2, -0.15) is 0 Å². The predicted molar refractivity (Wildman–Crippen MR) is 64.5 cm³/mol. The number of oxazole rings is 1. The van der Waals surface area contributed by atoms with Crippen LogP contribution in [0.3, 0.4) is 0 Å². The average Bonchev–Trinajstić information content (AvgIpc) is 2.61. The molecule has 0 atom stereocenters. The molecule has 3 heteroatoms. The lowest BCUT2D eigenvalue weighted by molar-refractivity contribution is 0.542. The summed E-state index contributed by atoms with van der Waals surface area (Å²) in [5, 5.41) is 0. The van der Waals surface area contributed by atoms with Gasteiger partial charge in [-0.1, -0.05) is 22.5 Å². The van der Waals surface area contributed by atoms with Gasteiger partial charge in [0.05, 0.1) is 0 Å². The van der Waals surface area contributed by atoms with Crippen LogP contribution in [0.5, 0.6) is 0 Å². The van der Waals surface area contributed by atoms with Gasteiger partial charge in [-0.15, -0.1) is 0 Å². The van der Waals surface area contributed by atoms with Crippen molar-refractivity contribution < 1.29 is 4.42 Å². The molecule has 76 valence electrons. The van der Waals surface area contributed by atoms with E-state index in [1.54, 1.807) is 6.08 Å². The van der Waals surface area contributed by atoms with Crippen molar-refractivity contribution in [1.29, 1.82) is 0 Å². The molecule has 2 aromatic rings. The van der Waals surface area contributed by atoms with E-state index in [1.165, 1.54) is 0 Å². The zero-order valence-electron chi connectivity index (χ0n) is 8.33. The fourth-order valence-corrected chi connectivity index (χ4v) is 1.58. The van der Waals surface area contributed by atoms with Crippen LogP contribution in [0.1, 0.15) is 11.5 Å². The minimum atomic E-state index is 0.634. The van der Waals surface area contributed by atoms with Crippen molar-refractivity contribution >= 4 is 22.0 Å². The molecular formula is C12H10BrNO. The van der Waals surface area contributed by atoms with E-state index in [-0.39, 0.29) is 0 Å². The summed E-state index contributed by atoms with van der Waals surface area (Å²) in [6.07, 6.45) is 1.70. The second kappa shape index (κ2) is 4.03. The van der Waals surface area contributed by atoms with Gasteiger partial charge in [0.15, 0.2) is 0 Å². The number of aryl methyl sites for hydroxylation is 1. The first-order valence-corrected chi connectivity index (χ1v) is 5.36. The van der Waals surface area contributed by atoms with E-state index in [4.69, 9.17) is 4.42 Å². The molecule has 1 aromatic carbocycles. The minimum absolute atomic E-state index is 0.634. The zero-order valence-corrected chi connectivity index (χ0v) is 9.91. The maximum atomic E-state index is 5.53. The van der Waals surface area contributed by atoms with E-state index in [9.17, 15) is 0 Å². The lowest BCUT2D eigenvalue weighted by Gasteiger charge is -1.94. The molecule has 1 heterocycles. The van der Waals surface area contributed by atoms with Gasteiger partial charge < -0.3 is 4.42 Å². The molecule has 0 unspecified atom stereocenters. The summed E-state index contributed by atoms with van der Waals surface area (Å²) in [5.41, 5.74) is 1.77. The number of aromatic nitrogens is 1. The second-order valence-corrected chi connectivity index (χ2v) is 4.09. The van der Waals surface area contributed by atoms with Crippen LogP contribution in [0.25, 0.3) is 17.5 Å². The molecule has 0 radical (unpaired) electrons. The first-order chi connectivity index (χ1) is 7.20. The number of halogens is 1. The minimum Gasteiger partial charge on any atom is -0.441 e. The molecule has 2 nitrogen and oxygen atoms in total. The molecule has 0 saturated heterocycles. The van der Waals surface area contributed by atoms with Gasteiger partial charge in [0.1, 0.15) is 11.5 Å². The summed E-state index contributed by atoms with van der Waals surface area (Å²) in [6.45, 7) is 5.56. The molecule has 0 aliphatic rings. The summed E-state index contributed by atoms with van der Waals surface area (Å²) >= 11 is 3.38. The third-order valence-corrected chi connectivity index (χ3v) is 2.65. The molecular weight excluding hydrogens is 254 g/mol. The molecule has 2 rings (SSSR count). The van der Waals surface area contributed by atoms with Crippen molar-refractivity contribution in [3.8, 4) is 11.5 Å². The van der Waals surface area contributed by atoms with Crippen LogP contribution in [0.4, 0.5) is 0 Å². The van der Waals surface area contributed by atoms with E-state index in [2.05, 4.69) is 27.5 Å². The predicted octanol–water partition coefficient (Wildman–Crippen LogP) is 4.06. The molecule has 0 spiro atoms. The maximum Gasteiger partial charge on any atom is 0.226 e. The van der Waals surface area contributed by atoms with Crippen LogP contribution >= 0.6 is 15.9 Å². The number of hydrogen-bond acceptors (Lipinski definition) is 2. The Hall–Kier alpha value is -1.35. The van der Waals surface area contributed by atoms with Crippen LogP contribution in [-0.2, 0) is 0 Å². The van der Waals surface area contributed by atoms with Gasteiger partial charge in [0.2, 0.25) is 5.89 Å². The number of nitrogens with zero attached hydrogens (tertiary/aromatic N) is 1.